The van der Waals surface area contributed by atoms with Gasteiger partial charge in [-0.05, 0) is 51.8 Å². The molecule has 1 aliphatic rings. The number of hydrogen-bond donors (Lipinski definition) is 1. The van der Waals surface area contributed by atoms with Crippen LogP contribution >= 0.6 is 0 Å². The Kier molecular flexibility index (Phi) is 9.48. The third-order valence-corrected chi connectivity index (χ3v) is 6.50. The highest BCUT2D eigenvalue weighted by molar-refractivity contribution is 5.97. The number of aliphatic hydroxyl groups is 1. The molecule has 1 aromatic carbocycles. The number of aliphatic hydroxyl groups excluding tert-OH is 1. The summed E-state index contributed by atoms with van der Waals surface area (Å²) in [5.41, 5.74) is -0.693. The molecule has 3 rings (SSSR count). The SMILES string of the molecule is COc1ccc(F)cc1C(O)Cn1cc(/C(C)=N/OC(C)C)c(=O)n(C[C@@H]2CCCN2C(=O)C(C)C)c1=O. The molecule has 2 aromatic rings. The standard InChI is InChI=1S/C27H37FN4O6/c1-16(2)25(34)31-11-7-8-20(31)13-32-26(35)22(18(5)29-38-17(3)4)14-30(27(32)36)15-23(33)21-12-19(28)9-10-24(21)37-6/h9-10,12,14,16-17,20,23,33H,7-8,11,13,15H2,1-6H3/b29-18+/t20-,23?/m0/s1. The van der Waals surface area contributed by atoms with E-state index < -0.39 is 23.2 Å². The lowest BCUT2D eigenvalue weighted by Gasteiger charge is -2.27. The van der Waals surface area contributed by atoms with Crippen molar-refractivity contribution in [1.29, 1.82) is 0 Å². The number of rotatable bonds is 10. The van der Waals surface area contributed by atoms with Crippen LogP contribution in [0.1, 0.15) is 64.7 Å². The summed E-state index contributed by atoms with van der Waals surface area (Å²) in [4.78, 5) is 46.8. The molecule has 1 fully saturated rings. The molecular weight excluding hydrogens is 495 g/mol. The van der Waals surface area contributed by atoms with E-state index in [0.29, 0.717) is 13.0 Å². The summed E-state index contributed by atoms with van der Waals surface area (Å²) in [6.07, 6.45) is 1.21. The molecule has 2 atom stereocenters. The van der Waals surface area contributed by atoms with Crippen molar-refractivity contribution in [3.63, 3.8) is 0 Å². The van der Waals surface area contributed by atoms with Crippen molar-refractivity contribution in [2.45, 2.75) is 78.8 Å². The number of likely N-dealkylation sites (tertiary alicyclic amines) is 1. The first-order valence-electron chi connectivity index (χ1n) is 12.8. The second-order valence-corrected chi connectivity index (χ2v) is 10.1. The van der Waals surface area contributed by atoms with Gasteiger partial charge in [0.2, 0.25) is 5.91 Å². The molecule has 1 aliphatic heterocycles. The van der Waals surface area contributed by atoms with Crippen LogP contribution in [-0.4, -0.2) is 56.6 Å². The number of nitrogens with zero attached hydrogens (tertiary/aromatic N) is 4. The predicted molar refractivity (Wildman–Crippen MR) is 141 cm³/mol. The minimum Gasteiger partial charge on any atom is -0.496 e. The van der Waals surface area contributed by atoms with Crippen molar-refractivity contribution < 1.29 is 23.9 Å². The van der Waals surface area contributed by atoms with E-state index >= 15 is 0 Å². The number of carbonyl (C=O) groups is 1. The highest BCUT2D eigenvalue weighted by atomic mass is 19.1. The van der Waals surface area contributed by atoms with Crippen molar-refractivity contribution in [3.8, 4) is 5.75 Å². The minimum atomic E-state index is -1.31. The van der Waals surface area contributed by atoms with E-state index in [9.17, 15) is 23.9 Å². The average Bonchev–Trinajstić information content (AvgIpc) is 3.34. The fraction of sp³-hybridized carbons (Fsp3) is 0.556. The second kappa shape index (κ2) is 12.4. The maximum absolute atomic E-state index is 13.9. The third-order valence-electron chi connectivity index (χ3n) is 6.50. The normalized spacial score (nSPS) is 16.8. The first-order valence-corrected chi connectivity index (χ1v) is 12.8. The molecule has 38 heavy (non-hydrogen) atoms. The van der Waals surface area contributed by atoms with Gasteiger partial charge in [0.1, 0.15) is 23.8 Å². The Morgan fingerprint density at radius 3 is 2.58 bits per heavy atom. The van der Waals surface area contributed by atoms with Crippen LogP contribution < -0.4 is 16.0 Å². The quantitative estimate of drug-likeness (QED) is 0.372. The number of aromatic nitrogens is 2. The molecule has 10 nitrogen and oxygen atoms in total. The summed E-state index contributed by atoms with van der Waals surface area (Å²) in [6.45, 7) is 9.09. The summed E-state index contributed by atoms with van der Waals surface area (Å²) >= 11 is 0. The van der Waals surface area contributed by atoms with Crippen molar-refractivity contribution >= 4 is 11.6 Å². The molecule has 1 unspecified atom stereocenters. The Hall–Kier alpha value is -3.47. The number of amides is 1. The first-order chi connectivity index (χ1) is 17.9. The van der Waals surface area contributed by atoms with Gasteiger partial charge in [0.15, 0.2) is 0 Å². The molecule has 0 bridgehead atoms. The Morgan fingerprint density at radius 1 is 1.24 bits per heavy atom. The van der Waals surface area contributed by atoms with Crippen molar-refractivity contribution in [3.05, 3.63) is 62.2 Å². The van der Waals surface area contributed by atoms with E-state index in [4.69, 9.17) is 9.57 Å². The van der Waals surface area contributed by atoms with Gasteiger partial charge in [-0.3, -0.25) is 18.7 Å². The molecule has 1 aromatic heterocycles. The number of benzene rings is 1. The molecule has 0 spiro atoms. The van der Waals surface area contributed by atoms with Crippen LogP contribution in [0.25, 0.3) is 0 Å². The summed E-state index contributed by atoms with van der Waals surface area (Å²) in [6, 6.07) is 3.42. The topological polar surface area (TPSA) is 115 Å². The van der Waals surface area contributed by atoms with Gasteiger partial charge in [0.25, 0.3) is 5.56 Å². The van der Waals surface area contributed by atoms with Crippen LogP contribution in [0.2, 0.25) is 0 Å². The van der Waals surface area contributed by atoms with E-state index in [2.05, 4.69) is 5.16 Å². The van der Waals surface area contributed by atoms with Crippen molar-refractivity contribution in [2.75, 3.05) is 13.7 Å². The van der Waals surface area contributed by atoms with Crippen LogP contribution in [-0.2, 0) is 22.7 Å². The maximum Gasteiger partial charge on any atom is 0.331 e. The van der Waals surface area contributed by atoms with Gasteiger partial charge in [0, 0.05) is 30.3 Å². The molecule has 208 valence electrons. The van der Waals surface area contributed by atoms with Gasteiger partial charge in [-0.25, -0.2) is 9.18 Å². The van der Waals surface area contributed by atoms with Crippen molar-refractivity contribution in [2.24, 2.45) is 11.1 Å². The lowest BCUT2D eigenvalue weighted by molar-refractivity contribution is -0.135. The highest BCUT2D eigenvalue weighted by Gasteiger charge is 2.31. The van der Waals surface area contributed by atoms with E-state index in [-0.39, 0.29) is 59.6 Å². The second-order valence-electron chi connectivity index (χ2n) is 10.1. The van der Waals surface area contributed by atoms with E-state index in [0.717, 1.165) is 17.1 Å². The number of hydrogen-bond acceptors (Lipinski definition) is 7. The third kappa shape index (κ3) is 6.50. The van der Waals surface area contributed by atoms with Gasteiger partial charge < -0.3 is 19.6 Å². The maximum atomic E-state index is 13.9. The number of halogens is 1. The predicted octanol–water partition coefficient (Wildman–Crippen LogP) is 2.69. The average molecular weight is 533 g/mol. The van der Waals surface area contributed by atoms with Gasteiger partial charge in [-0.1, -0.05) is 19.0 Å². The van der Waals surface area contributed by atoms with Gasteiger partial charge in [0.05, 0.1) is 31.5 Å². The van der Waals surface area contributed by atoms with E-state index in [1.807, 2.05) is 13.8 Å². The number of methoxy groups -OCH3 is 1. The Balaban J connectivity index is 2.08. The van der Waals surface area contributed by atoms with E-state index in [1.165, 1.54) is 30.0 Å². The minimum absolute atomic E-state index is 0.00165. The number of ether oxygens (including phenoxy) is 1. The lowest BCUT2D eigenvalue weighted by atomic mass is 10.1. The molecule has 11 heteroatoms. The smallest absolute Gasteiger partial charge is 0.331 e. The van der Waals surface area contributed by atoms with Crippen LogP contribution in [0.15, 0.2) is 39.1 Å². The molecule has 1 saturated heterocycles. The first kappa shape index (κ1) is 29.1. The summed E-state index contributed by atoms with van der Waals surface area (Å²) in [5, 5.41) is 15.0. The molecule has 0 saturated carbocycles. The molecule has 1 N–H and O–H groups in total. The summed E-state index contributed by atoms with van der Waals surface area (Å²) in [7, 11) is 1.40. The van der Waals surface area contributed by atoms with Crippen LogP contribution in [0, 0.1) is 11.7 Å². The number of oxime groups is 1. The van der Waals surface area contributed by atoms with Crippen molar-refractivity contribution in [1.82, 2.24) is 14.0 Å². The van der Waals surface area contributed by atoms with Gasteiger partial charge in [-0.2, -0.15) is 0 Å². The highest BCUT2D eigenvalue weighted by Crippen LogP contribution is 2.27. The monoisotopic (exact) mass is 532 g/mol. The van der Waals surface area contributed by atoms with Gasteiger partial charge in [-0.15, -0.1) is 0 Å². The van der Waals surface area contributed by atoms with Crippen LogP contribution in [0.5, 0.6) is 5.75 Å². The fourth-order valence-corrected chi connectivity index (χ4v) is 4.54. The summed E-state index contributed by atoms with van der Waals surface area (Å²) < 4.78 is 21.5. The largest absolute Gasteiger partial charge is 0.496 e. The zero-order valence-electron chi connectivity index (χ0n) is 22.8. The van der Waals surface area contributed by atoms with Gasteiger partial charge >= 0.3 is 5.69 Å². The molecule has 2 heterocycles. The van der Waals surface area contributed by atoms with E-state index in [1.54, 1.807) is 25.7 Å². The zero-order valence-corrected chi connectivity index (χ0v) is 22.8. The molecule has 0 radical (unpaired) electrons. The number of carbonyl (C=O) groups excluding carboxylic acids is 1. The Labute approximate surface area is 221 Å². The lowest BCUT2D eigenvalue weighted by Crippen LogP contribution is -2.48. The van der Waals surface area contributed by atoms with Crippen LogP contribution in [0.4, 0.5) is 4.39 Å². The molecule has 1 amide bonds. The van der Waals surface area contributed by atoms with Crippen LogP contribution in [0.3, 0.4) is 0 Å². The Bertz CT molecular complexity index is 1300. The fourth-order valence-electron chi connectivity index (χ4n) is 4.54. The molecular formula is C27H37FN4O6. The summed E-state index contributed by atoms with van der Waals surface area (Å²) in [5.74, 6) is -0.553. The zero-order chi connectivity index (χ0) is 28.1. The Morgan fingerprint density at radius 2 is 1.95 bits per heavy atom. The molecule has 0 aliphatic carbocycles.